The molecule has 30 heavy (non-hydrogen) atoms. The summed E-state index contributed by atoms with van der Waals surface area (Å²) in [5.41, 5.74) is 3.20. The van der Waals surface area contributed by atoms with Crippen LogP contribution in [-0.4, -0.2) is 15.5 Å². The number of carbonyl (C=O) groups is 1. The Balaban J connectivity index is 1.57. The van der Waals surface area contributed by atoms with Crippen LogP contribution in [0.5, 0.6) is 0 Å². The van der Waals surface area contributed by atoms with Crippen molar-refractivity contribution < 1.29 is 13.6 Å². The van der Waals surface area contributed by atoms with Crippen molar-refractivity contribution in [1.29, 1.82) is 0 Å². The molecule has 0 aliphatic heterocycles. The minimum Gasteiger partial charge on any atom is -0.346 e. The molecule has 1 atom stereocenters. The van der Waals surface area contributed by atoms with E-state index in [9.17, 15) is 13.6 Å². The van der Waals surface area contributed by atoms with Crippen LogP contribution in [0.2, 0.25) is 0 Å². The van der Waals surface area contributed by atoms with E-state index in [1.807, 2.05) is 31.2 Å². The Labute approximate surface area is 180 Å². The number of amides is 1. The molecule has 1 heterocycles. The maximum atomic E-state index is 14.0. The van der Waals surface area contributed by atoms with Gasteiger partial charge >= 0.3 is 0 Å². The van der Waals surface area contributed by atoms with Gasteiger partial charge in [-0.1, -0.05) is 34.1 Å². The van der Waals surface area contributed by atoms with E-state index < -0.39 is 11.6 Å². The van der Waals surface area contributed by atoms with E-state index in [1.54, 1.807) is 29.1 Å². The van der Waals surface area contributed by atoms with Crippen molar-refractivity contribution in [2.24, 2.45) is 0 Å². The van der Waals surface area contributed by atoms with Gasteiger partial charge in [0, 0.05) is 21.7 Å². The van der Waals surface area contributed by atoms with Crippen LogP contribution in [0.25, 0.3) is 11.0 Å². The predicted molar refractivity (Wildman–Crippen MR) is 115 cm³/mol. The zero-order valence-electron chi connectivity index (χ0n) is 16.1. The molecule has 4 nitrogen and oxygen atoms in total. The molecule has 0 fully saturated rings. The molecule has 0 aliphatic rings. The molecule has 1 aromatic heterocycles. The molecule has 4 aromatic rings. The fraction of sp³-hybridized carbons (Fsp3) is 0.130. The molecular formula is C23H18BrF2N3O. The van der Waals surface area contributed by atoms with Gasteiger partial charge in [-0.25, -0.2) is 13.8 Å². The lowest BCUT2D eigenvalue weighted by Gasteiger charge is -2.15. The summed E-state index contributed by atoms with van der Waals surface area (Å²) in [5, 5.41) is 2.99. The Morgan fingerprint density at radius 1 is 1.10 bits per heavy atom. The first-order chi connectivity index (χ1) is 14.4. The van der Waals surface area contributed by atoms with Crippen molar-refractivity contribution in [1.82, 2.24) is 14.9 Å². The van der Waals surface area contributed by atoms with Gasteiger partial charge in [-0.2, -0.15) is 0 Å². The Kier molecular flexibility index (Phi) is 5.63. The third-order valence-electron chi connectivity index (χ3n) is 4.96. The Morgan fingerprint density at radius 2 is 1.87 bits per heavy atom. The largest absolute Gasteiger partial charge is 0.346 e. The van der Waals surface area contributed by atoms with Crippen molar-refractivity contribution in [2.75, 3.05) is 0 Å². The molecule has 1 amide bonds. The number of carbonyl (C=O) groups excluding carboxylic acids is 1. The van der Waals surface area contributed by atoms with E-state index in [2.05, 4.69) is 26.2 Å². The summed E-state index contributed by atoms with van der Waals surface area (Å²) in [6.45, 7) is 2.10. The number of halogens is 3. The number of aromatic nitrogens is 2. The van der Waals surface area contributed by atoms with Gasteiger partial charge in [-0.05, 0) is 48.9 Å². The van der Waals surface area contributed by atoms with E-state index >= 15 is 0 Å². The van der Waals surface area contributed by atoms with Gasteiger partial charge in [0.1, 0.15) is 11.6 Å². The molecule has 0 bridgehead atoms. The Hall–Kier alpha value is -3.06. The van der Waals surface area contributed by atoms with E-state index in [1.165, 1.54) is 12.1 Å². The lowest BCUT2D eigenvalue weighted by molar-refractivity contribution is 0.0940. The molecule has 0 saturated heterocycles. The van der Waals surface area contributed by atoms with Crippen LogP contribution >= 0.6 is 15.9 Å². The quantitative estimate of drug-likeness (QED) is 0.412. The van der Waals surface area contributed by atoms with Gasteiger partial charge in [-0.3, -0.25) is 4.79 Å². The zero-order valence-corrected chi connectivity index (χ0v) is 17.7. The lowest BCUT2D eigenvalue weighted by atomic mass is 10.1. The lowest BCUT2D eigenvalue weighted by Crippen LogP contribution is -2.26. The number of hydrogen-bond acceptors (Lipinski definition) is 2. The Morgan fingerprint density at radius 3 is 2.60 bits per heavy atom. The van der Waals surface area contributed by atoms with Crippen LogP contribution in [-0.2, 0) is 6.54 Å². The first kappa shape index (κ1) is 20.2. The van der Waals surface area contributed by atoms with Crippen molar-refractivity contribution in [3.05, 3.63) is 99.8 Å². The molecule has 0 radical (unpaired) electrons. The summed E-state index contributed by atoms with van der Waals surface area (Å²) < 4.78 is 29.9. The second-order valence-corrected chi connectivity index (χ2v) is 7.97. The monoisotopic (exact) mass is 469 g/mol. The van der Waals surface area contributed by atoms with Crippen LogP contribution in [0.4, 0.5) is 8.78 Å². The topological polar surface area (TPSA) is 46.9 Å². The molecule has 3 aromatic carbocycles. The highest BCUT2D eigenvalue weighted by atomic mass is 79.9. The van der Waals surface area contributed by atoms with Crippen LogP contribution in [0, 0.1) is 11.6 Å². The van der Waals surface area contributed by atoms with Crippen molar-refractivity contribution >= 4 is 32.9 Å². The SMILES string of the molecule is C[C@H](NC(=O)c1ccc2ncn(Cc3ccc(F)cc3F)c2c1)c1ccc(Br)cc1. The van der Waals surface area contributed by atoms with E-state index in [0.29, 0.717) is 22.2 Å². The van der Waals surface area contributed by atoms with Gasteiger partial charge in [-0.15, -0.1) is 0 Å². The standard InChI is InChI=1S/C23H18BrF2N3O/c1-14(15-2-6-18(24)7-3-15)28-23(30)16-5-9-21-22(10-16)29(13-27-21)12-17-4-8-19(25)11-20(17)26/h2-11,13-14H,12H2,1H3,(H,28,30)/t14-/m0/s1. The maximum absolute atomic E-state index is 14.0. The molecular weight excluding hydrogens is 452 g/mol. The van der Waals surface area contributed by atoms with E-state index in [-0.39, 0.29) is 18.5 Å². The molecule has 7 heteroatoms. The second-order valence-electron chi connectivity index (χ2n) is 7.06. The first-order valence-electron chi connectivity index (χ1n) is 9.36. The van der Waals surface area contributed by atoms with Gasteiger partial charge in [0.05, 0.1) is 29.9 Å². The third-order valence-corrected chi connectivity index (χ3v) is 5.49. The maximum Gasteiger partial charge on any atom is 0.251 e. The number of rotatable bonds is 5. The van der Waals surface area contributed by atoms with Crippen molar-refractivity contribution in [3.8, 4) is 0 Å². The number of nitrogens with one attached hydrogen (secondary N) is 1. The predicted octanol–water partition coefficient (Wildman–Crippen LogP) is 5.62. The fourth-order valence-corrected chi connectivity index (χ4v) is 3.54. The minimum atomic E-state index is -0.620. The number of hydrogen-bond donors (Lipinski definition) is 1. The summed E-state index contributed by atoms with van der Waals surface area (Å²) >= 11 is 3.40. The van der Waals surface area contributed by atoms with E-state index in [0.717, 1.165) is 16.1 Å². The summed E-state index contributed by atoms with van der Waals surface area (Å²) in [6, 6.07) is 16.3. The molecule has 4 rings (SSSR count). The van der Waals surface area contributed by atoms with Crippen molar-refractivity contribution in [2.45, 2.75) is 19.5 Å². The summed E-state index contributed by atoms with van der Waals surface area (Å²) in [4.78, 5) is 17.1. The fourth-order valence-electron chi connectivity index (χ4n) is 3.27. The highest BCUT2D eigenvalue weighted by Crippen LogP contribution is 2.20. The number of fused-ring (bicyclic) bond motifs is 1. The highest BCUT2D eigenvalue weighted by molar-refractivity contribution is 9.10. The second kappa shape index (κ2) is 8.36. The number of imidazole rings is 1. The highest BCUT2D eigenvalue weighted by Gasteiger charge is 2.14. The van der Waals surface area contributed by atoms with Gasteiger partial charge in [0.2, 0.25) is 0 Å². The zero-order chi connectivity index (χ0) is 21.3. The molecule has 0 saturated carbocycles. The minimum absolute atomic E-state index is 0.167. The number of nitrogens with zero attached hydrogens (tertiary/aromatic N) is 2. The van der Waals surface area contributed by atoms with Crippen LogP contribution in [0.1, 0.15) is 34.5 Å². The summed E-state index contributed by atoms with van der Waals surface area (Å²) in [6.07, 6.45) is 1.58. The van der Waals surface area contributed by atoms with E-state index in [4.69, 9.17) is 0 Å². The van der Waals surface area contributed by atoms with Crippen LogP contribution in [0.15, 0.2) is 71.5 Å². The normalized spacial score (nSPS) is 12.1. The molecule has 0 unspecified atom stereocenters. The third kappa shape index (κ3) is 4.26. The Bertz CT molecular complexity index is 1220. The van der Waals surface area contributed by atoms with Gasteiger partial charge in [0.25, 0.3) is 5.91 Å². The molecule has 0 aliphatic carbocycles. The molecule has 0 spiro atoms. The first-order valence-corrected chi connectivity index (χ1v) is 10.1. The van der Waals surface area contributed by atoms with Gasteiger partial charge < -0.3 is 9.88 Å². The van der Waals surface area contributed by atoms with Crippen molar-refractivity contribution in [3.63, 3.8) is 0 Å². The van der Waals surface area contributed by atoms with Crippen LogP contribution < -0.4 is 5.32 Å². The number of benzene rings is 3. The summed E-state index contributed by atoms with van der Waals surface area (Å²) in [7, 11) is 0. The average Bonchev–Trinajstić information content (AvgIpc) is 3.12. The van der Waals surface area contributed by atoms with Crippen LogP contribution in [0.3, 0.4) is 0 Å². The molecule has 152 valence electrons. The molecule has 1 N–H and O–H groups in total. The smallest absolute Gasteiger partial charge is 0.251 e. The van der Waals surface area contributed by atoms with Gasteiger partial charge in [0.15, 0.2) is 0 Å². The average molecular weight is 470 g/mol. The summed E-state index contributed by atoms with van der Waals surface area (Å²) in [5.74, 6) is -1.45.